The van der Waals surface area contributed by atoms with Gasteiger partial charge in [0.05, 0.1) is 6.54 Å². The van der Waals surface area contributed by atoms with E-state index in [2.05, 4.69) is 27.3 Å². The minimum Gasteiger partial charge on any atom is -0.340 e. The Labute approximate surface area is 126 Å². The fourth-order valence-corrected chi connectivity index (χ4v) is 3.47. The summed E-state index contributed by atoms with van der Waals surface area (Å²) in [4.78, 5) is 15.2. The molecule has 1 aromatic rings. The highest BCUT2D eigenvalue weighted by Gasteiger charge is 2.30. The molecule has 0 aromatic carbocycles. The molecule has 1 fully saturated rings. The number of halogens is 2. The second kappa shape index (κ2) is 6.89. The smallest absolute Gasteiger partial charge is 0.225 e. The molecule has 6 heteroatoms. The topological polar surface area (TPSA) is 32.3 Å². The molecule has 0 bridgehead atoms. The summed E-state index contributed by atoms with van der Waals surface area (Å²) >= 11 is 5.11. The lowest BCUT2D eigenvalue weighted by Gasteiger charge is -2.33. The van der Waals surface area contributed by atoms with E-state index in [1.165, 1.54) is 4.88 Å². The third-order valence-electron chi connectivity index (χ3n) is 3.30. The van der Waals surface area contributed by atoms with E-state index in [-0.39, 0.29) is 24.2 Å². The molecule has 1 atom stereocenters. The molecule has 0 spiro atoms. The van der Waals surface area contributed by atoms with Crippen LogP contribution in [-0.4, -0.2) is 30.9 Å². The average Bonchev–Trinajstić information content (AvgIpc) is 2.60. The second-order valence-corrected chi connectivity index (χ2v) is 6.54. The summed E-state index contributed by atoms with van der Waals surface area (Å²) in [5.41, 5.74) is 0. The summed E-state index contributed by atoms with van der Waals surface area (Å²) in [6.45, 7) is 4.70. The molecule has 1 aliphatic heterocycles. The highest BCUT2D eigenvalue weighted by molar-refractivity contribution is 9.10. The summed E-state index contributed by atoms with van der Waals surface area (Å²) in [5.74, 6) is 0.894. The number of nitrogens with one attached hydrogen (secondary N) is 1. The molecule has 102 valence electrons. The van der Waals surface area contributed by atoms with Gasteiger partial charge in [-0.05, 0) is 41.0 Å². The van der Waals surface area contributed by atoms with Crippen LogP contribution in [0.2, 0.25) is 0 Å². The number of thiophene rings is 1. The van der Waals surface area contributed by atoms with Gasteiger partial charge in [-0.25, -0.2) is 0 Å². The number of carbonyl (C=O) groups is 1. The van der Waals surface area contributed by atoms with Gasteiger partial charge in [-0.1, -0.05) is 6.92 Å². The normalized spacial score (nSPS) is 16.6. The van der Waals surface area contributed by atoms with Crippen molar-refractivity contribution in [3.63, 3.8) is 0 Å². The van der Waals surface area contributed by atoms with Crippen LogP contribution >= 0.6 is 39.7 Å². The third-order valence-corrected chi connectivity index (χ3v) is 4.98. The number of nitrogens with zero attached hydrogens (tertiary/aromatic N) is 1. The highest BCUT2D eigenvalue weighted by Crippen LogP contribution is 2.23. The van der Waals surface area contributed by atoms with Gasteiger partial charge in [-0.2, -0.15) is 0 Å². The van der Waals surface area contributed by atoms with Crippen LogP contribution < -0.4 is 5.32 Å². The van der Waals surface area contributed by atoms with Gasteiger partial charge >= 0.3 is 0 Å². The molecule has 1 aromatic heterocycles. The van der Waals surface area contributed by atoms with Gasteiger partial charge in [0.2, 0.25) is 5.91 Å². The molecule has 1 unspecified atom stereocenters. The van der Waals surface area contributed by atoms with Crippen LogP contribution in [-0.2, 0) is 11.3 Å². The zero-order valence-electron chi connectivity index (χ0n) is 10.5. The Bertz CT molecular complexity index is 409. The lowest BCUT2D eigenvalue weighted by atomic mass is 9.88. The molecule has 0 saturated carbocycles. The second-order valence-electron chi connectivity index (χ2n) is 4.63. The fraction of sp³-hybridized carbons (Fsp3) is 0.583. The van der Waals surface area contributed by atoms with Gasteiger partial charge in [0.1, 0.15) is 0 Å². The van der Waals surface area contributed by atoms with Crippen molar-refractivity contribution in [2.45, 2.75) is 13.5 Å². The Kier molecular flexibility index (Phi) is 6.11. The summed E-state index contributed by atoms with van der Waals surface area (Å²) < 4.78 is 1.09. The van der Waals surface area contributed by atoms with Crippen LogP contribution in [0, 0.1) is 11.8 Å². The van der Waals surface area contributed by atoms with Crippen molar-refractivity contribution in [2.24, 2.45) is 11.8 Å². The average molecular weight is 354 g/mol. The van der Waals surface area contributed by atoms with Gasteiger partial charge < -0.3 is 10.2 Å². The van der Waals surface area contributed by atoms with Gasteiger partial charge in [-0.15, -0.1) is 23.7 Å². The number of carbonyl (C=O) groups excluding carboxylic acids is 1. The summed E-state index contributed by atoms with van der Waals surface area (Å²) in [5, 5.41) is 5.26. The van der Waals surface area contributed by atoms with Crippen molar-refractivity contribution >= 4 is 45.6 Å². The predicted molar refractivity (Wildman–Crippen MR) is 81.3 cm³/mol. The monoisotopic (exact) mass is 352 g/mol. The molecular weight excluding hydrogens is 336 g/mol. The van der Waals surface area contributed by atoms with E-state index in [1.54, 1.807) is 11.3 Å². The van der Waals surface area contributed by atoms with E-state index in [1.807, 2.05) is 24.3 Å². The Hall–Kier alpha value is -0.100. The molecule has 1 N–H and O–H groups in total. The Morgan fingerprint density at radius 1 is 1.67 bits per heavy atom. The van der Waals surface area contributed by atoms with Gasteiger partial charge in [0.15, 0.2) is 0 Å². The van der Waals surface area contributed by atoms with E-state index in [9.17, 15) is 4.79 Å². The summed E-state index contributed by atoms with van der Waals surface area (Å²) in [6.07, 6.45) is 0. The quantitative estimate of drug-likeness (QED) is 0.902. The molecule has 0 radical (unpaired) electrons. The molecule has 1 amide bonds. The summed E-state index contributed by atoms with van der Waals surface area (Å²) in [7, 11) is 1.89. The van der Waals surface area contributed by atoms with E-state index < -0.39 is 0 Å². The van der Waals surface area contributed by atoms with Gasteiger partial charge in [0.25, 0.3) is 0 Å². The van der Waals surface area contributed by atoms with Crippen LogP contribution in [0.4, 0.5) is 0 Å². The minimum atomic E-state index is 0. The van der Waals surface area contributed by atoms with Crippen molar-refractivity contribution in [2.75, 3.05) is 20.1 Å². The molecule has 1 aliphatic rings. The van der Waals surface area contributed by atoms with E-state index in [0.29, 0.717) is 12.5 Å². The Morgan fingerprint density at radius 2 is 2.33 bits per heavy atom. The van der Waals surface area contributed by atoms with Crippen LogP contribution in [0.5, 0.6) is 0 Å². The lowest BCUT2D eigenvalue weighted by Crippen LogP contribution is -2.49. The van der Waals surface area contributed by atoms with Crippen LogP contribution in [0.1, 0.15) is 11.8 Å². The van der Waals surface area contributed by atoms with E-state index in [4.69, 9.17) is 0 Å². The van der Waals surface area contributed by atoms with Crippen molar-refractivity contribution in [3.8, 4) is 0 Å². The molecular formula is C12H18BrClN2OS. The molecule has 1 saturated heterocycles. The maximum Gasteiger partial charge on any atom is 0.225 e. The molecule has 3 nitrogen and oxygen atoms in total. The first kappa shape index (κ1) is 16.0. The van der Waals surface area contributed by atoms with Crippen LogP contribution in [0.3, 0.4) is 0 Å². The first-order chi connectivity index (χ1) is 8.08. The molecule has 18 heavy (non-hydrogen) atoms. The van der Waals surface area contributed by atoms with Crippen LogP contribution in [0.15, 0.2) is 15.9 Å². The lowest BCUT2D eigenvalue weighted by molar-refractivity contribution is -0.136. The minimum absolute atomic E-state index is 0. The zero-order chi connectivity index (χ0) is 12.4. The first-order valence-corrected chi connectivity index (χ1v) is 7.44. The van der Waals surface area contributed by atoms with Crippen molar-refractivity contribution in [3.05, 3.63) is 20.8 Å². The van der Waals surface area contributed by atoms with E-state index >= 15 is 0 Å². The predicted octanol–water partition coefficient (Wildman–Crippen LogP) is 2.75. The van der Waals surface area contributed by atoms with Crippen LogP contribution in [0.25, 0.3) is 0 Å². The Balaban J connectivity index is 0.00000162. The molecule has 0 aliphatic carbocycles. The number of hydrogen-bond acceptors (Lipinski definition) is 3. The standard InChI is InChI=1S/C12H17BrN2OS.ClH/c1-8(9-4-14-5-9)12(16)15(2)6-11-3-10(13)7-17-11;/h3,7-9,14H,4-6H2,1-2H3;1H. The largest absolute Gasteiger partial charge is 0.340 e. The molecule has 2 rings (SSSR count). The van der Waals surface area contributed by atoms with Crippen molar-refractivity contribution < 1.29 is 4.79 Å². The van der Waals surface area contributed by atoms with E-state index in [0.717, 1.165) is 17.6 Å². The third kappa shape index (κ3) is 3.70. The SMILES string of the molecule is CC(C(=O)N(C)Cc1cc(Br)cs1)C1CNC1.Cl. The van der Waals surface area contributed by atoms with Gasteiger partial charge in [0, 0.05) is 27.7 Å². The number of hydrogen-bond donors (Lipinski definition) is 1. The first-order valence-electron chi connectivity index (χ1n) is 5.76. The Morgan fingerprint density at radius 3 is 2.78 bits per heavy atom. The highest BCUT2D eigenvalue weighted by atomic mass is 79.9. The number of rotatable bonds is 4. The fourth-order valence-electron chi connectivity index (χ4n) is 1.96. The number of amides is 1. The zero-order valence-corrected chi connectivity index (χ0v) is 13.7. The van der Waals surface area contributed by atoms with Crippen molar-refractivity contribution in [1.29, 1.82) is 0 Å². The maximum atomic E-state index is 12.2. The van der Waals surface area contributed by atoms with Gasteiger partial charge in [-0.3, -0.25) is 4.79 Å². The van der Waals surface area contributed by atoms with Crippen molar-refractivity contribution in [1.82, 2.24) is 10.2 Å². The maximum absolute atomic E-state index is 12.2. The molecule has 2 heterocycles. The summed E-state index contributed by atoms with van der Waals surface area (Å²) in [6, 6.07) is 2.07.